The molecule has 3 aliphatic carbocycles. The second-order valence-electron chi connectivity index (χ2n) is 9.26. The van der Waals surface area contributed by atoms with Crippen LogP contribution in [0.4, 0.5) is 4.79 Å². The van der Waals surface area contributed by atoms with E-state index in [0.29, 0.717) is 6.04 Å². The zero-order valence-electron chi connectivity index (χ0n) is 16.5. The van der Waals surface area contributed by atoms with E-state index in [2.05, 4.69) is 17.4 Å². The lowest BCUT2D eigenvalue weighted by Crippen LogP contribution is -2.59. The molecule has 0 radical (unpaired) electrons. The molecule has 5 heteroatoms. The van der Waals surface area contributed by atoms with Gasteiger partial charge >= 0.3 is 6.16 Å². The summed E-state index contributed by atoms with van der Waals surface area (Å²) in [6.07, 6.45) is 9.77. The molecule has 0 amide bonds. The smallest absolute Gasteiger partial charge is 0.454 e. The highest BCUT2D eigenvalue weighted by molar-refractivity contribution is 5.57. The van der Waals surface area contributed by atoms with Crippen LogP contribution in [0.25, 0.3) is 0 Å². The number of nitrogens with one attached hydrogen (secondary N) is 1. The molecule has 3 fully saturated rings. The number of benzene rings is 1. The molecule has 1 aromatic rings. The van der Waals surface area contributed by atoms with Crippen molar-refractivity contribution in [3.8, 4) is 5.75 Å². The standard InChI is InChI=1S/C23H31NO4/c25-22(26)28-21(15-5-1-2-6-15)27-17-9-8-16-13-20-18-7-3-4-10-23(18,11-12-24-20)19(16)14-17/h8-9,14-15,18,20-21,24H,1-7,10-13H2,(H,25,26)/t18-,20+,21?,23+/m0/s1. The zero-order valence-corrected chi connectivity index (χ0v) is 16.5. The SMILES string of the molecule is O=C(O)OC(Oc1ccc2c(c1)[C@@]13CCCC[C@H]1[C@@H](C2)NCC3)C1CCCC1. The van der Waals surface area contributed by atoms with Crippen molar-refractivity contribution in [1.82, 2.24) is 5.32 Å². The highest BCUT2D eigenvalue weighted by Gasteiger charge is 2.51. The lowest BCUT2D eigenvalue weighted by Gasteiger charge is -2.56. The summed E-state index contributed by atoms with van der Waals surface area (Å²) in [6, 6.07) is 7.06. The van der Waals surface area contributed by atoms with Crippen LogP contribution in [0.1, 0.15) is 68.9 Å². The average Bonchev–Trinajstić information content (AvgIpc) is 3.22. The lowest BCUT2D eigenvalue weighted by molar-refractivity contribution is -0.0860. The molecule has 0 aromatic heterocycles. The van der Waals surface area contributed by atoms with Gasteiger partial charge in [0.15, 0.2) is 0 Å². The predicted molar refractivity (Wildman–Crippen MR) is 106 cm³/mol. The first kappa shape index (κ1) is 18.3. The molecule has 4 atom stereocenters. The van der Waals surface area contributed by atoms with E-state index in [-0.39, 0.29) is 11.3 Å². The fourth-order valence-electron chi connectivity index (χ4n) is 6.66. The Kier molecular flexibility index (Phi) is 4.74. The predicted octanol–water partition coefficient (Wildman–Crippen LogP) is 4.62. The van der Waals surface area contributed by atoms with E-state index in [9.17, 15) is 9.90 Å². The Labute approximate surface area is 166 Å². The number of hydrogen-bond donors (Lipinski definition) is 2. The van der Waals surface area contributed by atoms with Gasteiger partial charge in [0.1, 0.15) is 5.75 Å². The normalized spacial score (nSPS) is 32.9. The molecular formula is C23H31NO4. The Morgan fingerprint density at radius 1 is 1.14 bits per heavy atom. The Bertz CT molecular complexity index is 740. The average molecular weight is 386 g/mol. The zero-order chi connectivity index (χ0) is 19.1. The van der Waals surface area contributed by atoms with Crippen molar-refractivity contribution in [3.05, 3.63) is 29.3 Å². The van der Waals surface area contributed by atoms with Crippen molar-refractivity contribution in [2.24, 2.45) is 11.8 Å². The van der Waals surface area contributed by atoms with Crippen molar-refractivity contribution in [2.45, 2.75) is 82.0 Å². The summed E-state index contributed by atoms with van der Waals surface area (Å²) in [6.45, 7) is 1.10. The summed E-state index contributed by atoms with van der Waals surface area (Å²) in [7, 11) is 0. The van der Waals surface area contributed by atoms with E-state index < -0.39 is 12.4 Å². The van der Waals surface area contributed by atoms with Gasteiger partial charge in [-0.05, 0) is 74.2 Å². The Hall–Kier alpha value is -1.75. The summed E-state index contributed by atoms with van der Waals surface area (Å²) in [5.41, 5.74) is 3.18. The molecule has 1 aromatic carbocycles. The molecule has 1 aliphatic heterocycles. The Morgan fingerprint density at radius 3 is 2.79 bits per heavy atom. The number of fused-ring (bicyclic) bond motifs is 1. The van der Waals surface area contributed by atoms with Gasteiger partial charge in [0, 0.05) is 17.4 Å². The molecule has 2 saturated carbocycles. The minimum absolute atomic E-state index is 0.163. The third-order valence-electron chi connectivity index (χ3n) is 7.87. The maximum atomic E-state index is 11.2. The Morgan fingerprint density at radius 2 is 1.96 bits per heavy atom. The van der Waals surface area contributed by atoms with Crippen LogP contribution < -0.4 is 10.1 Å². The topological polar surface area (TPSA) is 67.8 Å². The highest BCUT2D eigenvalue weighted by Crippen LogP contribution is 2.54. The van der Waals surface area contributed by atoms with E-state index >= 15 is 0 Å². The second kappa shape index (κ2) is 7.25. The maximum absolute atomic E-state index is 11.2. The minimum atomic E-state index is -1.25. The van der Waals surface area contributed by atoms with Crippen LogP contribution in [-0.4, -0.2) is 30.1 Å². The molecule has 28 heavy (non-hydrogen) atoms. The van der Waals surface area contributed by atoms with Crippen LogP contribution in [0, 0.1) is 11.8 Å². The van der Waals surface area contributed by atoms with Crippen LogP contribution in [0.2, 0.25) is 0 Å². The van der Waals surface area contributed by atoms with E-state index in [1.54, 1.807) is 0 Å². The third kappa shape index (κ3) is 3.08. The number of hydrogen-bond acceptors (Lipinski definition) is 4. The van der Waals surface area contributed by atoms with Crippen molar-refractivity contribution in [3.63, 3.8) is 0 Å². The second-order valence-corrected chi connectivity index (χ2v) is 9.26. The van der Waals surface area contributed by atoms with Gasteiger partial charge < -0.3 is 19.9 Å². The van der Waals surface area contributed by atoms with Gasteiger partial charge in [0.25, 0.3) is 6.29 Å². The molecule has 1 heterocycles. The summed E-state index contributed by atoms with van der Waals surface area (Å²) >= 11 is 0. The molecular weight excluding hydrogens is 354 g/mol. The first-order valence-corrected chi connectivity index (χ1v) is 11.1. The van der Waals surface area contributed by atoms with Crippen LogP contribution in [-0.2, 0) is 16.6 Å². The van der Waals surface area contributed by atoms with Gasteiger partial charge in [-0.1, -0.05) is 31.7 Å². The van der Waals surface area contributed by atoms with Crippen molar-refractivity contribution >= 4 is 6.16 Å². The summed E-state index contributed by atoms with van der Waals surface area (Å²) in [5.74, 6) is 1.65. The number of ether oxygens (including phenoxy) is 2. The Balaban J connectivity index is 1.46. The molecule has 0 spiro atoms. The van der Waals surface area contributed by atoms with Gasteiger partial charge in [-0.3, -0.25) is 0 Å². The molecule has 1 saturated heterocycles. The van der Waals surface area contributed by atoms with Gasteiger partial charge in [0.2, 0.25) is 0 Å². The molecule has 4 aliphatic rings. The van der Waals surface area contributed by atoms with Crippen LogP contribution in [0.3, 0.4) is 0 Å². The lowest BCUT2D eigenvalue weighted by atomic mass is 9.53. The number of carbonyl (C=O) groups is 1. The van der Waals surface area contributed by atoms with Gasteiger partial charge in [-0.15, -0.1) is 0 Å². The van der Waals surface area contributed by atoms with Gasteiger partial charge in [0.05, 0.1) is 0 Å². The molecule has 1 unspecified atom stereocenters. The van der Waals surface area contributed by atoms with E-state index in [1.807, 2.05) is 6.07 Å². The van der Waals surface area contributed by atoms with Crippen molar-refractivity contribution in [2.75, 3.05) is 6.54 Å². The summed E-state index contributed by atoms with van der Waals surface area (Å²) in [5, 5.41) is 12.9. The number of rotatable bonds is 4. The van der Waals surface area contributed by atoms with E-state index in [1.165, 1.54) is 43.2 Å². The molecule has 5 nitrogen and oxygen atoms in total. The summed E-state index contributed by atoms with van der Waals surface area (Å²) < 4.78 is 11.3. The number of carboxylic acid groups (broad SMARTS) is 1. The summed E-state index contributed by atoms with van der Waals surface area (Å²) in [4.78, 5) is 11.2. The fourth-order valence-corrected chi connectivity index (χ4v) is 6.66. The van der Waals surface area contributed by atoms with E-state index in [0.717, 1.165) is 50.3 Å². The van der Waals surface area contributed by atoms with Crippen LogP contribution >= 0.6 is 0 Å². The third-order valence-corrected chi connectivity index (χ3v) is 7.87. The fraction of sp³-hybridized carbons (Fsp3) is 0.696. The van der Waals surface area contributed by atoms with Crippen LogP contribution in [0.5, 0.6) is 5.75 Å². The maximum Gasteiger partial charge on any atom is 0.508 e. The molecule has 2 N–H and O–H groups in total. The first-order valence-electron chi connectivity index (χ1n) is 11.1. The van der Waals surface area contributed by atoms with Crippen molar-refractivity contribution < 1.29 is 19.4 Å². The van der Waals surface area contributed by atoms with Crippen molar-refractivity contribution in [1.29, 1.82) is 0 Å². The number of piperidine rings is 1. The largest absolute Gasteiger partial charge is 0.508 e. The van der Waals surface area contributed by atoms with Gasteiger partial charge in [-0.25, -0.2) is 4.79 Å². The molecule has 152 valence electrons. The van der Waals surface area contributed by atoms with E-state index in [4.69, 9.17) is 9.47 Å². The van der Waals surface area contributed by atoms with Gasteiger partial charge in [-0.2, -0.15) is 0 Å². The van der Waals surface area contributed by atoms with Crippen LogP contribution in [0.15, 0.2) is 18.2 Å². The first-order chi connectivity index (χ1) is 13.7. The minimum Gasteiger partial charge on any atom is -0.454 e. The molecule has 2 bridgehead atoms. The monoisotopic (exact) mass is 385 g/mol. The highest BCUT2D eigenvalue weighted by atomic mass is 16.8. The quantitative estimate of drug-likeness (QED) is 0.585. The molecule has 5 rings (SSSR count).